The second-order valence-electron chi connectivity index (χ2n) is 6.09. The zero-order valence-electron chi connectivity index (χ0n) is 12.1. The molecule has 1 fully saturated rings. The molecule has 1 N–H and O–H groups in total. The van der Waals surface area contributed by atoms with Gasteiger partial charge < -0.3 is 5.32 Å². The average molecular weight is 245 g/mol. The van der Waals surface area contributed by atoms with Gasteiger partial charge in [-0.15, -0.1) is 0 Å². The second kappa shape index (κ2) is 6.38. The molecular weight excluding hydrogens is 218 g/mol. The van der Waals surface area contributed by atoms with E-state index in [1.165, 1.54) is 31.2 Å². The molecular formula is C17H27N. The lowest BCUT2D eigenvalue weighted by Gasteiger charge is -2.26. The van der Waals surface area contributed by atoms with E-state index < -0.39 is 0 Å². The van der Waals surface area contributed by atoms with Gasteiger partial charge >= 0.3 is 0 Å². The van der Waals surface area contributed by atoms with E-state index in [1.807, 2.05) is 0 Å². The summed E-state index contributed by atoms with van der Waals surface area (Å²) in [6.45, 7) is 7.86. The minimum Gasteiger partial charge on any atom is -0.315 e. The highest BCUT2D eigenvalue weighted by molar-refractivity contribution is 5.28. The van der Waals surface area contributed by atoms with E-state index in [1.54, 1.807) is 5.56 Å². The lowest BCUT2D eigenvalue weighted by atomic mass is 9.79. The minimum atomic E-state index is 0.596. The molecule has 100 valence electrons. The second-order valence-corrected chi connectivity index (χ2v) is 6.09. The van der Waals surface area contributed by atoms with Gasteiger partial charge in [-0.05, 0) is 48.8 Å². The van der Waals surface area contributed by atoms with E-state index in [2.05, 4.69) is 50.4 Å². The molecule has 1 aliphatic rings. The zero-order valence-corrected chi connectivity index (χ0v) is 12.1. The van der Waals surface area contributed by atoms with Crippen LogP contribution in [0.15, 0.2) is 24.3 Å². The predicted molar refractivity (Wildman–Crippen MR) is 79.2 cm³/mol. The highest BCUT2D eigenvalue weighted by Crippen LogP contribution is 2.36. The molecule has 1 saturated carbocycles. The highest BCUT2D eigenvalue weighted by atomic mass is 14.9. The van der Waals surface area contributed by atoms with Crippen LogP contribution in [-0.2, 0) is 0 Å². The first-order chi connectivity index (χ1) is 8.66. The largest absolute Gasteiger partial charge is 0.315 e. The molecule has 0 radical (unpaired) electrons. The van der Waals surface area contributed by atoms with Crippen LogP contribution in [-0.4, -0.2) is 12.6 Å². The number of hydrogen-bond donors (Lipinski definition) is 1. The summed E-state index contributed by atoms with van der Waals surface area (Å²) < 4.78 is 0. The number of benzene rings is 1. The van der Waals surface area contributed by atoms with Crippen molar-refractivity contribution in [3.05, 3.63) is 35.4 Å². The maximum Gasteiger partial charge on any atom is 0.00103 e. The smallest absolute Gasteiger partial charge is 0.00103 e. The average Bonchev–Trinajstić information content (AvgIpc) is 2.27. The molecule has 1 aromatic carbocycles. The van der Waals surface area contributed by atoms with Gasteiger partial charge in [0.1, 0.15) is 0 Å². The molecule has 0 spiro atoms. The number of nitrogens with one attached hydrogen (secondary N) is 1. The van der Waals surface area contributed by atoms with Crippen molar-refractivity contribution in [3.63, 3.8) is 0 Å². The number of rotatable bonds is 6. The molecule has 0 aromatic heterocycles. The molecule has 0 aliphatic heterocycles. The predicted octanol–water partition coefficient (Wildman–Crippen LogP) is 4.45. The van der Waals surface area contributed by atoms with Crippen molar-refractivity contribution < 1.29 is 0 Å². The van der Waals surface area contributed by atoms with Crippen molar-refractivity contribution in [2.24, 2.45) is 0 Å². The molecule has 1 atom stereocenters. The summed E-state index contributed by atoms with van der Waals surface area (Å²) in [5, 5.41) is 3.49. The van der Waals surface area contributed by atoms with E-state index in [0.717, 1.165) is 12.5 Å². The van der Waals surface area contributed by atoms with Gasteiger partial charge in [-0.1, -0.05) is 51.5 Å². The molecule has 1 nitrogen and oxygen atoms in total. The summed E-state index contributed by atoms with van der Waals surface area (Å²) in [6.07, 6.45) is 5.44. The molecule has 1 heteroatoms. The van der Waals surface area contributed by atoms with Gasteiger partial charge in [0.25, 0.3) is 0 Å². The van der Waals surface area contributed by atoms with Gasteiger partial charge in [0.15, 0.2) is 0 Å². The van der Waals surface area contributed by atoms with Crippen molar-refractivity contribution in [3.8, 4) is 0 Å². The summed E-state index contributed by atoms with van der Waals surface area (Å²) in [5.41, 5.74) is 3.04. The Kier molecular flexibility index (Phi) is 4.82. The summed E-state index contributed by atoms with van der Waals surface area (Å²) in [6, 6.07) is 9.98. The van der Waals surface area contributed by atoms with Crippen LogP contribution < -0.4 is 5.32 Å². The minimum absolute atomic E-state index is 0.596. The molecule has 1 unspecified atom stereocenters. The lowest BCUT2D eigenvalue weighted by Crippen LogP contribution is -2.24. The van der Waals surface area contributed by atoms with Crippen LogP contribution >= 0.6 is 0 Å². The summed E-state index contributed by atoms with van der Waals surface area (Å²) in [7, 11) is 0. The Morgan fingerprint density at radius 3 is 2.28 bits per heavy atom. The topological polar surface area (TPSA) is 12.0 Å². The third-order valence-corrected chi connectivity index (χ3v) is 4.21. The molecule has 0 amide bonds. The van der Waals surface area contributed by atoms with Crippen LogP contribution in [0.1, 0.15) is 69.4 Å². The van der Waals surface area contributed by atoms with Gasteiger partial charge in [-0.3, -0.25) is 0 Å². The maximum atomic E-state index is 3.49. The Morgan fingerprint density at radius 2 is 1.78 bits per heavy atom. The summed E-state index contributed by atoms with van der Waals surface area (Å²) in [5.74, 6) is 1.52. The van der Waals surface area contributed by atoms with Crippen molar-refractivity contribution >= 4 is 0 Å². The molecule has 2 rings (SSSR count). The standard InChI is InChI=1S/C17H27N/c1-13(2)18-12-11-14(3)15-7-9-17(10-8-15)16-5-4-6-16/h7-10,13-14,16,18H,4-6,11-12H2,1-3H3. The fourth-order valence-corrected chi connectivity index (χ4v) is 2.59. The molecule has 18 heavy (non-hydrogen) atoms. The molecule has 0 saturated heterocycles. The summed E-state index contributed by atoms with van der Waals surface area (Å²) in [4.78, 5) is 0. The van der Waals surface area contributed by atoms with Crippen LogP contribution in [0.4, 0.5) is 0 Å². The van der Waals surface area contributed by atoms with E-state index in [9.17, 15) is 0 Å². The number of hydrogen-bond acceptors (Lipinski definition) is 1. The van der Waals surface area contributed by atoms with Gasteiger partial charge in [0, 0.05) is 6.04 Å². The van der Waals surface area contributed by atoms with Crippen molar-refractivity contribution in [2.45, 2.75) is 64.3 Å². The highest BCUT2D eigenvalue weighted by Gasteiger charge is 2.19. The Labute approximate surface area is 112 Å². The Hall–Kier alpha value is -0.820. The zero-order chi connectivity index (χ0) is 13.0. The van der Waals surface area contributed by atoms with Crippen molar-refractivity contribution in [2.75, 3.05) is 6.54 Å². The first kappa shape index (κ1) is 13.6. The van der Waals surface area contributed by atoms with Crippen LogP contribution in [0.3, 0.4) is 0 Å². The lowest BCUT2D eigenvalue weighted by molar-refractivity contribution is 0.419. The van der Waals surface area contributed by atoms with E-state index in [4.69, 9.17) is 0 Å². The van der Waals surface area contributed by atoms with E-state index >= 15 is 0 Å². The Balaban J connectivity index is 1.84. The van der Waals surface area contributed by atoms with Crippen molar-refractivity contribution in [1.82, 2.24) is 5.32 Å². The fraction of sp³-hybridized carbons (Fsp3) is 0.647. The van der Waals surface area contributed by atoms with Crippen LogP contribution in [0.2, 0.25) is 0 Å². The van der Waals surface area contributed by atoms with Gasteiger partial charge in [0.05, 0.1) is 0 Å². The van der Waals surface area contributed by atoms with Gasteiger partial charge in [-0.2, -0.15) is 0 Å². The van der Waals surface area contributed by atoms with E-state index in [0.29, 0.717) is 12.0 Å². The van der Waals surface area contributed by atoms with Gasteiger partial charge in [-0.25, -0.2) is 0 Å². The molecule has 1 aromatic rings. The third kappa shape index (κ3) is 3.58. The monoisotopic (exact) mass is 245 g/mol. The van der Waals surface area contributed by atoms with Gasteiger partial charge in [0.2, 0.25) is 0 Å². The molecule has 0 bridgehead atoms. The fourth-order valence-electron chi connectivity index (χ4n) is 2.59. The quantitative estimate of drug-likeness (QED) is 0.781. The van der Waals surface area contributed by atoms with Crippen molar-refractivity contribution in [1.29, 1.82) is 0 Å². The normalized spacial score (nSPS) is 17.8. The Morgan fingerprint density at radius 1 is 1.11 bits per heavy atom. The van der Waals surface area contributed by atoms with Crippen LogP contribution in [0.25, 0.3) is 0 Å². The molecule has 1 aliphatic carbocycles. The first-order valence-corrected chi connectivity index (χ1v) is 7.50. The SMILES string of the molecule is CC(C)NCCC(C)c1ccc(C2CCC2)cc1. The van der Waals surface area contributed by atoms with Crippen LogP contribution in [0, 0.1) is 0 Å². The Bertz CT molecular complexity index is 348. The first-order valence-electron chi connectivity index (χ1n) is 7.50. The third-order valence-electron chi connectivity index (χ3n) is 4.21. The van der Waals surface area contributed by atoms with Crippen LogP contribution in [0.5, 0.6) is 0 Å². The van der Waals surface area contributed by atoms with E-state index in [-0.39, 0.29) is 0 Å². The molecule has 0 heterocycles. The summed E-state index contributed by atoms with van der Waals surface area (Å²) >= 11 is 0. The maximum absolute atomic E-state index is 3.49.